The van der Waals surface area contributed by atoms with E-state index in [4.69, 9.17) is 4.74 Å². The van der Waals surface area contributed by atoms with Crippen LogP contribution >= 0.6 is 0 Å². The zero-order valence-electron chi connectivity index (χ0n) is 12.5. The lowest BCUT2D eigenvalue weighted by atomic mass is 10.0. The molecule has 2 aromatic rings. The highest BCUT2D eigenvalue weighted by molar-refractivity contribution is 5.90. The zero-order valence-corrected chi connectivity index (χ0v) is 12.5. The van der Waals surface area contributed by atoms with Crippen molar-refractivity contribution in [1.82, 2.24) is 19.5 Å². The number of fused-ring (bicyclic) bond motifs is 1. The second-order valence-electron chi connectivity index (χ2n) is 5.32. The normalized spacial score (nSPS) is 19.8. The van der Waals surface area contributed by atoms with Gasteiger partial charge in [-0.25, -0.2) is 14.3 Å². The van der Waals surface area contributed by atoms with Crippen molar-refractivity contribution in [1.29, 1.82) is 0 Å². The van der Waals surface area contributed by atoms with Crippen LogP contribution in [0.2, 0.25) is 0 Å². The van der Waals surface area contributed by atoms with Gasteiger partial charge >= 0.3 is 5.97 Å². The minimum atomic E-state index is -0.352. The van der Waals surface area contributed by atoms with Gasteiger partial charge in [0.05, 0.1) is 18.7 Å². The van der Waals surface area contributed by atoms with Crippen molar-refractivity contribution in [2.45, 2.75) is 32.2 Å². The molecule has 0 radical (unpaired) electrons. The Hall–Kier alpha value is -1.95. The molecular weight excluding hydrogens is 268 g/mol. The zero-order chi connectivity index (χ0) is 14.8. The lowest BCUT2D eigenvalue weighted by molar-refractivity contribution is 0.0600. The predicted octanol–water partition coefficient (Wildman–Crippen LogP) is 2.06. The van der Waals surface area contributed by atoms with Crippen LogP contribution in [0.1, 0.15) is 48.4 Å². The number of pyridine rings is 1. The Morgan fingerprint density at radius 3 is 3.10 bits per heavy atom. The Bertz CT molecular complexity index is 652. The number of aromatic nitrogens is 3. The van der Waals surface area contributed by atoms with Crippen LogP contribution in [0.25, 0.3) is 5.65 Å². The molecule has 1 atom stereocenters. The molecule has 6 nitrogen and oxygen atoms in total. The third-order valence-corrected chi connectivity index (χ3v) is 4.09. The molecule has 1 aliphatic heterocycles. The van der Waals surface area contributed by atoms with Gasteiger partial charge in [0, 0.05) is 6.20 Å². The van der Waals surface area contributed by atoms with E-state index in [-0.39, 0.29) is 12.0 Å². The van der Waals surface area contributed by atoms with E-state index in [1.165, 1.54) is 20.0 Å². The van der Waals surface area contributed by atoms with E-state index in [0.717, 1.165) is 25.3 Å². The molecule has 0 bridgehead atoms. The highest BCUT2D eigenvalue weighted by Crippen LogP contribution is 2.28. The van der Waals surface area contributed by atoms with Crippen molar-refractivity contribution in [2.24, 2.45) is 0 Å². The first-order valence-corrected chi connectivity index (χ1v) is 7.41. The molecule has 0 amide bonds. The molecule has 3 rings (SSSR count). The lowest BCUT2D eigenvalue weighted by Crippen LogP contribution is -2.33. The van der Waals surface area contributed by atoms with Gasteiger partial charge in [0.25, 0.3) is 0 Å². The maximum atomic E-state index is 11.6. The van der Waals surface area contributed by atoms with Crippen LogP contribution in [0.15, 0.2) is 18.3 Å². The second-order valence-corrected chi connectivity index (χ2v) is 5.32. The molecule has 6 heteroatoms. The number of rotatable bonds is 3. The van der Waals surface area contributed by atoms with E-state index in [1.54, 1.807) is 22.8 Å². The van der Waals surface area contributed by atoms with Crippen molar-refractivity contribution in [3.05, 3.63) is 29.7 Å². The van der Waals surface area contributed by atoms with E-state index in [0.29, 0.717) is 11.2 Å². The van der Waals surface area contributed by atoms with E-state index in [9.17, 15) is 4.79 Å². The van der Waals surface area contributed by atoms with Gasteiger partial charge in [-0.3, -0.25) is 4.90 Å². The fourth-order valence-electron chi connectivity index (χ4n) is 2.95. The summed E-state index contributed by atoms with van der Waals surface area (Å²) in [5, 5.41) is 4.57. The summed E-state index contributed by atoms with van der Waals surface area (Å²) in [7, 11) is 1.38. The number of likely N-dealkylation sites (tertiary alicyclic amines) is 1. The first-order valence-electron chi connectivity index (χ1n) is 7.41. The number of hydrogen-bond donors (Lipinski definition) is 0. The number of hydrogen-bond acceptors (Lipinski definition) is 5. The van der Waals surface area contributed by atoms with Gasteiger partial charge in [-0.15, -0.1) is 5.10 Å². The molecule has 3 heterocycles. The standard InChI is InChI=1S/C15H20N4O2/c1-3-18-8-5-4-6-12(18)14-16-13-10-11(15(20)21-2)7-9-19(13)17-14/h7,9-10,12H,3-6,8H2,1-2H3. The SMILES string of the molecule is CCN1CCCCC1c1nc2cc(C(=O)OC)ccn2n1. The van der Waals surface area contributed by atoms with E-state index >= 15 is 0 Å². The number of nitrogens with zero attached hydrogens (tertiary/aromatic N) is 4. The van der Waals surface area contributed by atoms with Crippen LogP contribution in [0.3, 0.4) is 0 Å². The maximum absolute atomic E-state index is 11.6. The van der Waals surface area contributed by atoms with Gasteiger partial charge in [-0.1, -0.05) is 13.3 Å². The molecule has 0 aromatic carbocycles. The number of carbonyl (C=O) groups excluding carboxylic acids is 1. The summed E-state index contributed by atoms with van der Waals surface area (Å²) in [5.74, 6) is 0.494. The first-order chi connectivity index (χ1) is 10.2. The molecular formula is C15H20N4O2. The molecule has 2 aromatic heterocycles. The van der Waals surface area contributed by atoms with Gasteiger partial charge in [0.1, 0.15) is 0 Å². The summed E-state index contributed by atoms with van der Waals surface area (Å²) in [6.45, 7) is 4.28. The minimum absolute atomic E-state index is 0.283. The summed E-state index contributed by atoms with van der Waals surface area (Å²) in [6.07, 6.45) is 5.31. The fourth-order valence-corrected chi connectivity index (χ4v) is 2.95. The smallest absolute Gasteiger partial charge is 0.338 e. The number of carbonyl (C=O) groups is 1. The third-order valence-electron chi connectivity index (χ3n) is 4.09. The first kappa shape index (κ1) is 14.0. The summed E-state index contributed by atoms with van der Waals surface area (Å²) >= 11 is 0. The van der Waals surface area contributed by atoms with Crippen LogP contribution in [-0.2, 0) is 4.74 Å². The third kappa shape index (κ3) is 2.63. The predicted molar refractivity (Wildman–Crippen MR) is 78.2 cm³/mol. The van der Waals surface area contributed by atoms with Gasteiger partial charge in [0.2, 0.25) is 0 Å². The van der Waals surface area contributed by atoms with Crippen molar-refractivity contribution in [3.8, 4) is 0 Å². The molecule has 0 spiro atoms. The average molecular weight is 288 g/mol. The van der Waals surface area contributed by atoms with Gasteiger partial charge in [-0.05, 0) is 38.1 Å². The quantitative estimate of drug-likeness (QED) is 0.809. The Kier molecular flexibility index (Phi) is 3.88. The van der Waals surface area contributed by atoms with Crippen molar-refractivity contribution in [2.75, 3.05) is 20.2 Å². The number of esters is 1. The number of piperidine rings is 1. The highest BCUT2D eigenvalue weighted by Gasteiger charge is 2.26. The van der Waals surface area contributed by atoms with Crippen molar-refractivity contribution in [3.63, 3.8) is 0 Å². The molecule has 0 saturated carbocycles. The van der Waals surface area contributed by atoms with Crippen LogP contribution in [0, 0.1) is 0 Å². The summed E-state index contributed by atoms with van der Waals surface area (Å²) in [4.78, 5) is 18.6. The van der Waals surface area contributed by atoms with Crippen LogP contribution in [0.5, 0.6) is 0 Å². The molecule has 1 fully saturated rings. The molecule has 112 valence electrons. The van der Waals surface area contributed by atoms with Gasteiger partial charge in [0.15, 0.2) is 11.5 Å². The monoisotopic (exact) mass is 288 g/mol. The lowest BCUT2D eigenvalue weighted by Gasteiger charge is -2.32. The van der Waals surface area contributed by atoms with Crippen LogP contribution in [0.4, 0.5) is 0 Å². The van der Waals surface area contributed by atoms with Crippen molar-refractivity contribution < 1.29 is 9.53 Å². The summed E-state index contributed by atoms with van der Waals surface area (Å²) in [6, 6.07) is 3.71. The largest absolute Gasteiger partial charge is 0.465 e. The van der Waals surface area contributed by atoms with Crippen LogP contribution < -0.4 is 0 Å². The van der Waals surface area contributed by atoms with E-state index in [2.05, 4.69) is 21.9 Å². The molecule has 21 heavy (non-hydrogen) atoms. The van der Waals surface area contributed by atoms with Crippen molar-refractivity contribution >= 4 is 11.6 Å². The molecule has 1 unspecified atom stereocenters. The topological polar surface area (TPSA) is 59.7 Å². The van der Waals surface area contributed by atoms with E-state index < -0.39 is 0 Å². The fraction of sp³-hybridized carbons (Fsp3) is 0.533. The number of methoxy groups -OCH3 is 1. The summed E-state index contributed by atoms with van der Waals surface area (Å²) in [5.41, 5.74) is 1.19. The molecule has 0 aliphatic carbocycles. The van der Waals surface area contributed by atoms with Gasteiger partial charge in [-0.2, -0.15) is 0 Å². The maximum Gasteiger partial charge on any atom is 0.338 e. The Balaban J connectivity index is 1.94. The van der Waals surface area contributed by atoms with E-state index in [1.807, 2.05) is 0 Å². The Morgan fingerprint density at radius 1 is 1.48 bits per heavy atom. The van der Waals surface area contributed by atoms with Crippen LogP contribution in [-0.4, -0.2) is 45.7 Å². The Labute approximate surface area is 123 Å². The minimum Gasteiger partial charge on any atom is -0.465 e. The average Bonchev–Trinajstić information content (AvgIpc) is 2.96. The molecule has 1 saturated heterocycles. The number of ether oxygens (including phenoxy) is 1. The highest BCUT2D eigenvalue weighted by atomic mass is 16.5. The molecule has 1 aliphatic rings. The molecule has 0 N–H and O–H groups in total. The summed E-state index contributed by atoms with van der Waals surface area (Å²) < 4.78 is 6.46. The van der Waals surface area contributed by atoms with Gasteiger partial charge < -0.3 is 4.74 Å². The Morgan fingerprint density at radius 2 is 2.33 bits per heavy atom. The second kappa shape index (κ2) is 5.81.